The predicted octanol–water partition coefficient (Wildman–Crippen LogP) is 2.28. The van der Waals surface area contributed by atoms with Gasteiger partial charge in [-0.2, -0.15) is 5.26 Å². The molecule has 2 fully saturated rings. The van der Waals surface area contributed by atoms with Crippen LogP contribution in [-0.4, -0.2) is 35.1 Å². The van der Waals surface area contributed by atoms with Crippen LogP contribution in [-0.2, 0) is 0 Å². The zero-order valence-corrected chi connectivity index (χ0v) is 11.4. The highest BCUT2D eigenvalue weighted by Crippen LogP contribution is 2.29. The van der Waals surface area contributed by atoms with Crippen molar-refractivity contribution in [2.45, 2.75) is 76.5 Å². The van der Waals surface area contributed by atoms with Gasteiger partial charge < -0.3 is 0 Å². The summed E-state index contributed by atoms with van der Waals surface area (Å²) >= 11 is 0. The van der Waals surface area contributed by atoms with Crippen molar-refractivity contribution in [2.75, 3.05) is 6.54 Å². The SMILES string of the molecule is CCC1CCC(C)N1CC(C)(C#N)NC1CC1. The van der Waals surface area contributed by atoms with Gasteiger partial charge in [0.25, 0.3) is 0 Å². The van der Waals surface area contributed by atoms with Crippen LogP contribution in [0.15, 0.2) is 0 Å². The lowest BCUT2D eigenvalue weighted by atomic mass is 10.0. The van der Waals surface area contributed by atoms with E-state index in [4.69, 9.17) is 0 Å². The summed E-state index contributed by atoms with van der Waals surface area (Å²) < 4.78 is 0. The number of rotatable bonds is 5. The smallest absolute Gasteiger partial charge is 0.116 e. The third-order valence-electron chi connectivity index (χ3n) is 4.27. The van der Waals surface area contributed by atoms with Crippen LogP contribution >= 0.6 is 0 Å². The van der Waals surface area contributed by atoms with E-state index in [2.05, 4.69) is 37.1 Å². The van der Waals surface area contributed by atoms with E-state index in [1.807, 2.05) is 0 Å². The number of likely N-dealkylation sites (tertiary alicyclic amines) is 1. The van der Waals surface area contributed by atoms with E-state index in [1.165, 1.54) is 32.1 Å². The minimum Gasteiger partial charge on any atom is -0.296 e. The van der Waals surface area contributed by atoms with Gasteiger partial charge in [-0.1, -0.05) is 6.92 Å². The molecule has 96 valence electrons. The van der Waals surface area contributed by atoms with E-state index in [0.29, 0.717) is 18.1 Å². The molecular formula is C14H25N3. The Bertz CT molecular complexity index is 305. The maximum Gasteiger partial charge on any atom is 0.116 e. The molecule has 17 heavy (non-hydrogen) atoms. The third-order valence-corrected chi connectivity index (χ3v) is 4.27. The van der Waals surface area contributed by atoms with Gasteiger partial charge in [0.2, 0.25) is 0 Å². The molecule has 1 aliphatic carbocycles. The molecule has 0 aromatic carbocycles. The molecule has 3 atom stereocenters. The maximum atomic E-state index is 9.43. The van der Waals surface area contributed by atoms with Crippen LogP contribution in [0.5, 0.6) is 0 Å². The van der Waals surface area contributed by atoms with Gasteiger partial charge in [0.15, 0.2) is 0 Å². The molecule has 0 radical (unpaired) electrons. The average Bonchev–Trinajstić information content (AvgIpc) is 3.05. The fourth-order valence-electron chi connectivity index (χ4n) is 3.01. The lowest BCUT2D eigenvalue weighted by molar-refractivity contribution is 0.160. The first-order chi connectivity index (χ1) is 8.08. The van der Waals surface area contributed by atoms with Crippen molar-refractivity contribution < 1.29 is 0 Å². The summed E-state index contributed by atoms with van der Waals surface area (Å²) in [5.74, 6) is 0. The van der Waals surface area contributed by atoms with Crippen LogP contribution in [0, 0.1) is 11.3 Å². The monoisotopic (exact) mass is 235 g/mol. The van der Waals surface area contributed by atoms with Crippen molar-refractivity contribution in [2.24, 2.45) is 0 Å². The van der Waals surface area contributed by atoms with Gasteiger partial charge in [-0.05, 0) is 46.0 Å². The first-order valence-corrected chi connectivity index (χ1v) is 7.02. The number of nitriles is 1. The summed E-state index contributed by atoms with van der Waals surface area (Å²) in [7, 11) is 0. The fraction of sp³-hybridized carbons (Fsp3) is 0.929. The highest BCUT2D eigenvalue weighted by atomic mass is 15.2. The molecule has 0 aromatic rings. The van der Waals surface area contributed by atoms with Gasteiger partial charge in [0, 0.05) is 24.7 Å². The van der Waals surface area contributed by atoms with Crippen molar-refractivity contribution in [3.63, 3.8) is 0 Å². The van der Waals surface area contributed by atoms with Crippen LogP contribution in [0.3, 0.4) is 0 Å². The molecule has 0 amide bonds. The van der Waals surface area contributed by atoms with E-state index in [0.717, 1.165) is 6.54 Å². The highest BCUT2D eigenvalue weighted by molar-refractivity contribution is 5.10. The molecule has 1 heterocycles. The van der Waals surface area contributed by atoms with Crippen LogP contribution in [0.1, 0.15) is 52.9 Å². The molecule has 2 aliphatic rings. The Balaban J connectivity index is 1.98. The normalized spacial score (nSPS) is 33.3. The summed E-state index contributed by atoms with van der Waals surface area (Å²) in [4.78, 5) is 2.54. The maximum absolute atomic E-state index is 9.43. The Morgan fingerprint density at radius 1 is 1.35 bits per heavy atom. The van der Waals surface area contributed by atoms with Gasteiger partial charge in [-0.25, -0.2) is 0 Å². The molecule has 1 saturated heterocycles. The van der Waals surface area contributed by atoms with Crippen molar-refractivity contribution in [3.05, 3.63) is 0 Å². The summed E-state index contributed by atoms with van der Waals surface area (Å²) in [6.07, 6.45) is 6.26. The second-order valence-corrected chi connectivity index (χ2v) is 6.02. The number of nitrogens with zero attached hydrogens (tertiary/aromatic N) is 2. The van der Waals surface area contributed by atoms with Crippen LogP contribution in [0.2, 0.25) is 0 Å². The quantitative estimate of drug-likeness (QED) is 0.794. The summed E-state index contributed by atoms with van der Waals surface area (Å²) in [5, 5.41) is 12.9. The second-order valence-electron chi connectivity index (χ2n) is 6.02. The van der Waals surface area contributed by atoms with Crippen LogP contribution in [0.25, 0.3) is 0 Å². The topological polar surface area (TPSA) is 39.1 Å². The predicted molar refractivity (Wildman–Crippen MR) is 69.7 cm³/mol. The standard InChI is InChI=1S/C14H25N3/c1-4-13-8-5-11(2)17(13)10-14(3,9-15)16-12-6-7-12/h11-13,16H,4-8,10H2,1-3H3. The largest absolute Gasteiger partial charge is 0.296 e. The highest BCUT2D eigenvalue weighted by Gasteiger charge is 2.38. The lowest BCUT2D eigenvalue weighted by Gasteiger charge is -2.35. The zero-order valence-electron chi connectivity index (χ0n) is 11.4. The third kappa shape index (κ3) is 3.00. The Hall–Kier alpha value is -0.590. The molecule has 1 N–H and O–H groups in total. The van der Waals surface area contributed by atoms with Crippen molar-refractivity contribution in [3.8, 4) is 6.07 Å². The molecular weight excluding hydrogens is 210 g/mol. The first kappa shape index (κ1) is 12.9. The number of hydrogen-bond acceptors (Lipinski definition) is 3. The first-order valence-electron chi connectivity index (χ1n) is 7.02. The van der Waals surface area contributed by atoms with Gasteiger partial charge in [-0.3, -0.25) is 10.2 Å². The molecule has 3 nitrogen and oxygen atoms in total. The van der Waals surface area contributed by atoms with Crippen LogP contribution < -0.4 is 5.32 Å². The summed E-state index contributed by atoms with van der Waals surface area (Å²) in [6, 6.07) is 4.40. The molecule has 1 aliphatic heterocycles. The van der Waals surface area contributed by atoms with Crippen molar-refractivity contribution >= 4 is 0 Å². The van der Waals surface area contributed by atoms with Crippen LogP contribution in [0.4, 0.5) is 0 Å². The van der Waals surface area contributed by atoms with Crippen molar-refractivity contribution in [1.29, 1.82) is 5.26 Å². The Morgan fingerprint density at radius 2 is 2.06 bits per heavy atom. The second kappa shape index (κ2) is 4.96. The van der Waals surface area contributed by atoms with Gasteiger partial charge >= 0.3 is 0 Å². The minimum absolute atomic E-state index is 0.368. The van der Waals surface area contributed by atoms with Gasteiger partial charge in [0.05, 0.1) is 6.07 Å². The molecule has 3 unspecified atom stereocenters. The minimum atomic E-state index is -0.368. The van der Waals surface area contributed by atoms with E-state index in [-0.39, 0.29) is 5.54 Å². The molecule has 1 saturated carbocycles. The number of nitrogens with one attached hydrogen (secondary N) is 1. The molecule has 0 bridgehead atoms. The Kier molecular flexibility index (Phi) is 3.75. The molecule has 3 heteroatoms. The fourth-order valence-corrected chi connectivity index (χ4v) is 3.01. The number of hydrogen-bond donors (Lipinski definition) is 1. The zero-order chi connectivity index (χ0) is 12.5. The summed E-state index contributed by atoms with van der Waals surface area (Å²) in [6.45, 7) is 7.49. The van der Waals surface area contributed by atoms with Gasteiger partial charge in [-0.15, -0.1) is 0 Å². The molecule has 0 spiro atoms. The van der Waals surface area contributed by atoms with E-state index in [1.54, 1.807) is 0 Å². The molecule has 2 rings (SSSR count). The van der Waals surface area contributed by atoms with E-state index < -0.39 is 0 Å². The summed E-state index contributed by atoms with van der Waals surface area (Å²) in [5.41, 5.74) is -0.368. The van der Waals surface area contributed by atoms with E-state index >= 15 is 0 Å². The van der Waals surface area contributed by atoms with Crippen molar-refractivity contribution in [1.82, 2.24) is 10.2 Å². The average molecular weight is 235 g/mol. The van der Waals surface area contributed by atoms with Gasteiger partial charge in [0.1, 0.15) is 5.54 Å². The van der Waals surface area contributed by atoms with E-state index in [9.17, 15) is 5.26 Å². The Labute approximate surface area is 105 Å². The Morgan fingerprint density at radius 3 is 2.59 bits per heavy atom. The molecule has 0 aromatic heterocycles. The lowest BCUT2D eigenvalue weighted by Crippen LogP contribution is -2.53.